The Morgan fingerprint density at radius 3 is 2.94 bits per heavy atom. The molecule has 2 aromatic rings. The third-order valence-electron chi connectivity index (χ3n) is 2.31. The first-order chi connectivity index (χ1) is 8.15. The molecule has 0 bridgehead atoms. The number of nitrogens with zero attached hydrogens (tertiary/aromatic N) is 4. The Balaban J connectivity index is 1.87. The van der Waals surface area contributed by atoms with Crippen molar-refractivity contribution in [3.63, 3.8) is 0 Å². The molecular weight excluding hydrogens is 220 g/mol. The molecule has 0 aliphatic heterocycles. The lowest BCUT2D eigenvalue weighted by Crippen LogP contribution is -2.28. The minimum Gasteiger partial charge on any atom is -0.347 e. The van der Waals surface area contributed by atoms with E-state index in [9.17, 15) is 4.79 Å². The van der Waals surface area contributed by atoms with Crippen LogP contribution in [0.5, 0.6) is 0 Å². The number of aromatic nitrogens is 5. The number of rotatable bonds is 4. The van der Waals surface area contributed by atoms with Gasteiger partial charge in [-0.1, -0.05) is 0 Å². The van der Waals surface area contributed by atoms with Crippen LogP contribution in [0.2, 0.25) is 0 Å². The highest BCUT2D eigenvalue weighted by molar-refractivity contribution is 5.75. The summed E-state index contributed by atoms with van der Waals surface area (Å²) in [7, 11) is 0. The minimum absolute atomic E-state index is 0.104. The summed E-state index contributed by atoms with van der Waals surface area (Å²) in [5.74, 6) is 0.527. The second-order valence-corrected chi connectivity index (χ2v) is 3.79. The van der Waals surface area contributed by atoms with Crippen LogP contribution in [0.25, 0.3) is 0 Å². The van der Waals surface area contributed by atoms with Crippen molar-refractivity contribution in [1.82, 2.24) is 30.3 Å². The summed E-state index contributed by atoms with van der Waals surface area (Å²) in [4.78, 5) is 15.5. The third kappa shape index (κ3) is 2.90. The Hall–Kier alpha value is -2.18. The first-order valence-electron chi connectivity index (χ1n) is 5.27. The fourth-order valence-electron chi connectivity index (χ4n) is 1.53. The van der Waals surface area contributed by atoms with Crippen molar-refractivity contribution >= 4 is 5.91 Å². The van der Waals surface area contributed by atoms with Crippen LogP contribution >= 0.6 is 0 Å². The van der Waals surface area contributed by atoms with E-state index < -0.39 is 0 Å². The second kappa shape index (κ2) is 4.77. The maximum Gasteiger partial charge on any atom is 0.242 e. The smallest absolute Gasteiger partial charge is 0.242 e. The molecule has 0 saturated heterocycles. The number of hydrogen-bond acceptors (Lipinski definition) is 4. The van der Waals surface area contributed by atoms with E-state index in [0.29, 0.717) is 12.4 Å². The Morgan fingerprint density at radius 1 is 1.53 bits per heavy atom. The van der Waals surface area contributed by atoms with E-state index in [1.807, 2.05) is 19.9 Å². The standard InChI is InChI=1S/C10H14N6O/c1-7-3-8(2)16(15-7)5-10(17)11-4-9-12-6-13-14-9/h3,6H,4-5H2,1-2H3,(H,11,17)(H,12,13,14). The van der Waals surface area contributed by atoms with Gasteiger partial charge in [-0.05, 0) is 19.9 Å². The van der Waals surface area contributed by atoms with Gasteiger partial charge in [-0.15, -0.1) is 0 Å². The van der Waals surface area contributed by atoms with Gasteiger partial charge in [-0.3, -0.25) is 14.6 Å². The van der Waals surface area contributed by atoms with Crippen LogP contribution in [0.4, 0.5) is 0 Å². The summed E-state index contributed by atoms with van der Waals surface area (Å²) in [6, 6.07) is 1.93. The normalized spacial score (nSPS) is 10.5. The first kappa shape index (κ1) is 11.3. The molecule has 0 aliphatic carbocycles. The Labute approximate surface area is 98.2 Å². The number of carbonyl (C=O) groups is 1. The molecule has 2 N–H and O–H groups in total. The molecule has 0 aromatic carbocycles. The summed E-state index contributed by atoms with van der Waals surface area (Å²) < 4.78 is 1.67. The van der Waals surface area contributed by atoms with Crippen LogP contribution in [-0.4, -0.2) is 30.9 Å². The van der Waals surface area contributed by atoms with Crippen LogP contribution in [-0.2, 0) is 17.9 Å². The lowest BCUT2D eigenvalue weighted by atomic mass is 10.4. The number of hydrogen-bond donors (Lipinski definition) is 2. The molecule has 2 rings (SSSR count). The molecule has 2 aromatic heterocycles. The molecule has 17 heavy (non-hydrogen) atoms. The van der Waals surface area contributed by atoms with Crippen molar-refractivity contribution in [2.45, 2.75) is 26.9 Å². The van der Waals surface area contributed by atoms with Crippen LogP contribution in [0.1, 0.15) is 17.2 Å². The van der Waals surface area contributed by atoms with Gasteiger partial charge in [0.05, 0.1) is 12.2 Å². The quantitative estimate of drug-likeness (QED) is 0.775. The number of H-pyrrole nitrogens is 1. The maximum absolute atomic E-state index is 11.6. The molecular formula is C10H14N6O. The summed E-state index contributed by atoms with van der Waals surface area (Å²) in [6.45, 7) is 4.38. The van der Waals surface area contributed by atoms with Crippen molar-refractivity contribution in [3.05, 3.63) is 29.6 Å². The van der Waals surface area contributed by atoms with Gasteiger partial charge in [0, 0.05) is 5.69 Å². The van der Waals surface area contributed by atoms with E-state index in [2.05, 4.69) is 25.6 Å². The van der Waals surface area contributed by atoms with Crippen LogP contribution in [0.3, 0.4) is 0 Å². The predicted molar refractivity (Wildman–Crippen MR) is 59.9 cm³/mol. The molecule has 0 aliphatic rings. The number of aryl methyl sites for hydroxylation is 2. The molecule has 2 heterocycles. The average molecular weight is 234 g/mol. The van der Waals surface area contributed by atoms with Crippen molar-refractivity contribution in [2.24, 2.45) is 0 Å². The SMILES string of the molecule is Cc1cc(C)n(CC(=O)NCc2ncn[nH]2)n1. The van der Waals surface area contributed by atoms with Gasteiger partial charge in [0.2, 0.25) is 5.91 Å². The zero-order valence-electron chi connectivity index (χ0n) is 9.77. The molecule has 0 atom stereocenters. The van der Waals surface area contributed by atoms with E-state index in [1.165, 1.54) is 6.33 Å². The molecule has 1 amide bonds. The average Bonchev–Trinajstić information content (AvgIpc) is 2.87. The van der Waals surface area contributed by atoms with Crippen molar-refractivity contribution < 1.29 is 4.79 Å². The van der Waals surface area contributed by atoms with Gasteiger partial charge in [-0.25, -0.2) is 4.98 Å². The van der Waals surface area contributed by atoms with E-state index in [-0.39, 0.29) is 12.5 Å². The fourth-order valence-corrected chi connectivity index (χ4v) is 1.53. The van der Waals surface area contributed by atoms with E-state index >= 15 is 0 Å². The largest absolute Gasteiger partial charge is 0.347 e. The number of amides is 1. The summed E-state index contributed by atoms with van der Waals surface area (Å²) in [6.07, 6.45) is 1.41. The predicted octanol–water partition coefficient (Wildman–Crippen LogP) is -0.0656. The van der Waals surface area contributed by atoms with E-state index in [0.717, 1.165) is 11.4 Å². The maximum atomic E-state index is 11.6. The van der Waals surface area contributed by atoms with Crippen molar-refractivity contribution in [3.8, 4) is 0 Å². The van der Waals surface area contributed by atoms with Gasteiger partial charge in [-0.2, -0.15) is 10.2 Å². The summed E-state index contributed by atoms with van der Waals surface area (Å²) in [5, 5.41) is 13.3. The Kier molecular flexibility index (Phi) is 3.17. The van der Waals surface area contributed by atoms with Crippen LogP contribution < -0.4 is 5.32 Å². The zero-order chi connectivity index (χ0) is 12.3. The second-order valence-electron chi connectivity index (χ2n) is 3.79. The monoisotopic (exact) mass is 234 g/mol. The molecule has 0 radical (unpaired) electrons. The van der Waals surface area contributed by atoms with Crippen molar-refractivity contribution in [1.29, 1.82) is 0 Å². The van der Waals surface area contributed by atoms with Gasteiger partial charge in [0.1, 0.15) is 18.7 Å². The highest BCUT2D eigenvalue weighted by atomic mass is 16.2. The Bertz CT molecular complexity index is 501. The molecule has 0 fully saturated rings. The molecule has 0 unspecified atom stereocenters. The van der Waals surface area contributed by atoms with Gasteiger partial charge in [0.25, 0.3) is 0 Å². The third-order valence-corrected chi connectivity index (χ3v) is 2.31. The van der Waals surface area contributed by atoms with Crippen molar-refractivity contribution in [2.75, 3.05) is 0 Å². The first-order valence-corrected chi connectivity index (χ1v) is 5.27. The fraction of sp³-hybridized carbons (Fsp3) is 0.400. The number of nitrogens with one attached hydrogen (secondary N) is 2. The Morgan fingerprint density at radius 2 is 2.35 bits per heavy atom. The molecule has 0 spiro atoms. The highest BCUT2D eigenvalue weighted by Crippen LogP contribution is 2.01. The van der Waals surface area contributed by atoms with Gasteiger partial charge >= 0.3 is 0 Å². The van der Waals surface area contributed by atoms with Crippen LogP contribution in [0.15, 0.2) is 12.4 Å². The van der Waals surface area contributed by atoms with Gasteiger partial charge < -0.3 is 5.32 Å². The molecule has 7 nitrogen and oxygen atoms in total. The summed E-state index contributed by atoms with van der Waals surface area (Å²) in [5.41, 5.74) is 1.88. The van der Waals surface area contributed by atoms with E-state index in [4.69, 9.17) is 0 Å². The molecule has 7 heteroatoms. The highest BCUT2D eigenvalue weighted by Gasteiger charge is 2.07. The topological polar surface area (TPSA) is 88.5 Å². The lowest BCUT2D eigenvalue weighted by molar-refractivity contribution is -0.122. The lowest BCUT2D eigenvalue weighted by Gasteiger charge is -2.04. The molecule has 90 valence electrons. The summed E-state index contributed by atoms with van der Waals surface area (Å²) >= 11 is 0. The number of aromatic amines is 1. The van der Waals surface area contributed by atoms with Crippen LogP contribution in [0, 0.1) is 13.8 Å². The molecule has 0 saturated carbocycles. The van der Waals surface area contributed by atoms with E-state index in [1.54, 1.807) is 4.68 Å². The zero-order valence-corrected chi connectivity index (χ0v) is 9.77. The van der Waals surface area contributed by atoms with Gasteiger partial charge in [0.15, 0.2) is 0 Å². The minimum atomic E-state index is -0.104. The number of carbonyl (C=O) groups excluding carboxylic acids is 1.